The van der Waals surface area contributed by atoms with Gasteiger partial charge in [0.2, 0.25) is 0 Å². The smallest absolute Gasteiger partial charge is 0.416 e. The molecular weight excluding hydrogens is 556 g/mol. The topological polar surface area (TPSA) is 93.5 Å². The second kappa shape index (κ2) is 10.3. The van der Waals surface area contributed by atoms with E-state index in [4.69, 9.17) is 9.47 Å². The summed E-state index contributed by atoms with van der Waals surface area (Å²) >= 11 is 0. The molecule has 2 aliphatic heterocycles. The number of alkyl halides is 6. The van der Waals surface area contributed by atoms with Gasteiger partial charge < -0.3 is 9.47 Å². The number of aromatic amines is 1. The summed E-state index contributed by atoms with van der Waals surface area (Å²) in [5.41, 5.74) is -1.30. The fourth-order valence-electron chi connectivity index (χ4n) is 5.55. The number of aromatic nitrogens is 6. The number of methoxy groups -OCH3 is 1. The molecule has 0 aromatic carbocycles. The van der Waals surface area contributed by atoms with Crippen molar-refractivity contribution in [1.82, 2.24) is 34.7 Å². The molecule has 4 aromatic rings. The molecule has 0 saturated carbocycles. The standard InChI is InChI=1S/C26H25F6N7O2/c1-40-21-6-15(10-39-24(21)34-13-35-39)22-17(8-25(27,28)29)23(37-36-22)20-7-19(26(30,31)32)18(9-33-20)14-2-4-38(5-3-14)16-11-41-12-16/h6-7,9-10,13-14,16H,2-5,8,11-12H2,1H3,(H,36,37). The highest BCUT2D eigenvalue weighted by Gasteiger charge is 2.39. The lowest BCUT2D eigenvalue weighted by molar-refractivity contribution is -0.138. The lowest BCUT2D eigenvalue weighted by atomic mass is 9.86. The Hall–Kier alpha value is -3.72. The first kappa shape index (κ1) is 27.4. The average molecular weight is 582 g/mol. The second-order valence-electron chi connectivity index (χ2n) is 10.2. The molecule has 2 saturated heterocycles. The van der Waals surface area contributed by atoms with Crippen LogP contribution < -0.4 is 4.74 Å². The molecule has 0 radical (unpaired) electrons. The number of nitrogens with one attached hydrogen (secondary N) is 1. The molecule has 9 nitrogen and oxygen atoms in total. The first-order valence-electron chi connectivity index (χ1n) is 12.9. The minimum atomic E-state index is -4.73. The maximum atomic E-state index is 14.3. The molecule has 218 valence electrons. The van der Waals surface area contributed by atoms with Gasteiger partial charge >= 0.3 is 12.4 Å². The van der Waals surface area contributed by atoms with Crippen molar-refractivity contribution in [2.45, 2.75) is 43.6 Å². The molecule has 0 aliphatic carbocycles. The Labute approximate surface area is 229 Å². The zero-order chi connectivity index (χ0) is 28.9. The molecule has 0 unspecified atom stereocenters. The first-order chi connectivity index (χ1) is 19.5. The van der Waals surface area contributed by atoms with Gasteiger partial charge in [-0.25, -0.2) is 9.50 Å². The van der Waals surface area contributed by atoms with Crippen molar-refractivity contribution in [3.05, 3.63) is 47.5 Å². The third kappa shape index (κ3) is 5.35. The molecule has 0 atom stereocenters. The lowest BCUT2D eigenvalue weighted by Crippen LogP contribution is -2.51. The molecule has 1 N–H and O–H groups in total. The number of nitrogens with zero attached hydrogens (tertiary/aromatic N) is 6. The molecule has 6 heterocycles. The number of pyridine rings is 2. The van der Waals surface area contributed by atoms with Crippen LogP contribution in [0.4, 0.5) is 26.3 Å². The quantitative estimate of drug-likeness (QED) is 0.324. The first-order valence-corrected chi connectivity index (χ1v) is 12.9. The van der Waals surface area contributed by atoms with Crippen molar-refractivity contribution in [1.29, 1.82) is 0 Å². The molecule has 6 rings (SSSR count). The van der Waals surface area contributed by atoms with Crippen LogP contribution in [0.15, 0.2) is 30.9 Å². The van der Waals surface area contributed by atoms with Gasteiger partial charge in [-0.15, -0.1) is 0 Å². The Balaban J connectivity index is 1.40. The Kier molecular flexibility index (Phi) is 6.88. The van der Waals surface area contributed by atoms with E-state index in [0.29, 0.717) is 50.8 Å². The molecular formula is C26H25F6N7O2. The number of likely N-dealkylation sites (tertiary alicyclic amines) is 1. The van der Waals surface area contributed by atoms with Crippen LogP contribution >= 0.6 is 0 Å². The van der Waals surface area contributed by atoms with E-state index in [1.165, 1.54) is 30.2 Å². The van der Waals surface area contributed by atoms with Crippen LogP contribution in [0.3, 0.4) is 0 Å². The van der Waals surface area contributed by atoms with E-state index in [0.717, 1.165) is 12.3 Å². The predicted molar refractivity (Wildman–Crippen MR) is 133 cm³/mol. The van der Waals surface area contributed by atoms with E-state index in [2.05, 4.69) is 30.2 Å². The van der Waals surface area contributed by atoms with Gasteiger partial charge in [0.15, 0.2) is 11.4 Å². The van der Waals surface area contributed by atoms with E-state index < -0.39 is 24.3 Å². The van der Waals surface area contributed by atoms with Crippen molar-refractivity contribution >= 4 is 5.65 Å². The van der Waals surface area contributed by atoms with Gasteiger partial charge in [0.05, 0.1) is 55.4 Å². The highest BCUT2D eigenvalue weighted by Crippen LogP contribution is 2.42. The van der Waals surface area contributed by atoms with Crippen molar-refractivity contribution < 1.29 is 35.8 Å². The molecule has 2 aliphatic rings. The fraction of sp³-hybridized carbons (Fsp3) is 0.462. The molecule has 0 amide bonds. The Bertz CT molecular complexity index is 1550. The molecule has 4 aromatic heterocycles. The van der Waals surface area contributed by atoms with Crippen LogP contribution in [0.5, 0.6) is 5.75 Å². The van der Waals surface area contributed by atoms with Gasteiger partial charge in [0.25, 0.3) is 0 Å². The predicted octanol–water partition coefficient (Wildman–Crippen LogP) is 4.89. The van der Waals surface area contributed by atoms with Crippen LogP contribution in [-0.4, -0.2) is 80.3 Å². The summed E-state index contributed by atoms with van der Waals surface area (Å²) in [4.78, 5) is 10.5. The molecule has 15 heteroatoms. The molecule has 2 fully saturated rings. The number of hydrogen-bond donors (Lipinski definition) is 1. The summed E-state index contributed by atoms with van der Waals surface area (Å²) in [7, 11) is 1.37. The van der Waals surface area contributed by atoms with Crippen LogP contribution in [0, 0.1) is 0 Å². The Morgan fingerprint density at radius 1 is 1.07 bits per heavy atom. The van der Waals surface area contributed by atoms with Gasteiger partial charge in [-0.05, 0) is 49.5 Å². The highest BCUT2D eigenvalue weighted by molar-refractivity contribution is 5.75. The molecule has 0 bridgehead atoms. The summed E-state index contributed by atoms with van der Waals surface area (Å²) < 4.78 is 96.0. The van der Waals surface area contributed by atoms with E-state index in [-0.39, 0.29) is 45.4 Å². The van der Waals surface area contributed by atoms with Crippen LogP contribution in [0.25, 0.3) is 28.3 Å². The number of H-pyrrole nitrogens is 1. The van der Waals surface area contributed by atoms with E-state index in [1.807, 2.05) is 0 Å². The molecule has 41 heavy (non-hydrogen) atoms. The summed E-state index contributed by atoms with van der Waals surface area (Å²) in [6.45, 7) is 2.52. The average Bonchev–Trinajstić information content (AvgIpc) is 3.53. The maximum absolute atomic E-state index is 14.3. The van der Waals surface area contributed by atoms with Crippen LogP contribution in [-0.2, 0) is 17.3 Å². The van der Waals surface area contributed by atoms with Gasteiger partial charge in [-0.3, -0.25) is 15.0 Å². The maximum Gasteiger partial charge on any atom is 0.416 e. The van der Waals surface area contributed by atoms with E-state index >= 15 is 0 Å². The van der Waals surface area contributed by atoms with Gasteiger partial charge in [0, 0.05) is 23.5 Å². The normalized spacial score (nSPS) is 17.7. The molecule has 0 spiro atoms. The van der Waals surface area contributed by atoms with Crippen molar-refractivity contribution in [3.63, 3.8) is 0 Å². The summed E-state index contributed by atoms with van der Waals surface area (Å²) in [5, 5.41) is 10.6. The largest absolute Gasteiger partial charge is 0.493 e. The summed E-state index contributed by atoms with van der Waals surface area (Å²) in [6, 6.07) is 2.56. The Morgan fingerprint density at radius 2 is 1.83 bits per heavy atom. The number of ether oxygens (including phenoxy) is 2. The van der Waals surface area contributed by atoms with E-state index in [9.17, 15) is 26.3 Å². The van der Waals surface area contributed by atoms with Crippen molar-refractivity contribution in [2.75, 3.05) is 33.4 Å². The zero-order valence-electron chi connectivity index (χ0n) is 21.8. The van der Waals surface area contributed by atoms with Crippen molar-refractivity contribution in [2.24, 2.45) is 0 Å². The van der Waals surface area contributed by atoms with Gasteiger partial charge in [0.1, 0.15) is 6.33 Å². The van der Waals surface area contributed by atoms with E-state index in [1.54, 1.807) is 0 Å². The number of hydrogen-bond acceptors (Lipinski definition) is 7. The van der Waals surface area contributed by atoms with Crippen LogP contribution in [0.2, 0.25) is 0 Å². The lowest BCUT2D eigenvalue weighted by Gasteiger charge is -2.41. The zero-order valence-corrected chi connectivity index (χ0v) is 21.8. The third-order valence-electron chi connectivity index (χ3n) is 7.68. The van der Waals surface area contributed by atoms with Gasteiger partial charge in [-0.1, -0.05) is 0 Å². The highest BCUT2D eigenvalue weighted by atomic mass is 19.4. The fourth-order valence-corrected chi connectivity index (χ4v) is 5.55. The number of rotatable bonds is 6. The third-order valence-corrected chi connectivity index (χ3v) is 7.68. The van der Waals surface area contributed by atoms with Crippen LogP contribution in [0.1, 0.15) is 35.4 Å². The van der Waals surface area contributed by atoms with Gasteiger partial charge in [-0.2, -0.15) is 36.5 Å². The Morgan fingerprint density at radius 3 is 2.46 bits per heavy atom. The summed E-state index contributed by atoms with van der Waals surface area (Å²) in [5.74, 6) is -0.139. The monoisotopic (exact) mass is 581 g/mol. The number of fused-ring (bicyclic) bond motifs is 1. The minimum Gasteiger partial charge on any atom is -0.493 e. The number of piperidine rings is 1. The minimum absolute atomic E-state index is 0.0456. The number of halogens is 6. The van der Waals surface area contributed by atoms with Crippen molar-refractivity contribution in [3.8, 4) is 28.4 Å². The summed E-state index contributed by atoms with van der Waals surface area (Å²) in [6.07, 6.45) is -6.01. The second-order valence-corrected chi connectivity index (χ2v) is 10.2. The SMILES string of the molecule is COc1cc(-c2n[nH]c(-c3cc(C(F)(F)F)c(C4CCN(C5COC5)CC4)cn3)c2CC(F)(F)F)cn2ncnc12.